The summed E-state index contributed by atoms with van der Waals surface area (Å²) in [5.41, 5.74) is 11.9. The van der Waals surface area contributed by atoms with E-state index in [-0.39, 0.29) is 0 Å². The van der Waals surface area contributed by atoms with Crippen LogP contribution >= 0.6 is 0 Å². The Morgan fingerprint density at radius 1 is 1.27 bits per heavy atom. The molecule has 0 bridgehead atoms. The molecule has 3 aliphatic rings. The van der Waals surface area contributed by atoms with E-state index < -0.39 is 0 Å². The molecule has 3 aliphatic carbocycles. The molecular weight excluding hydrogens is 266 g/mol. The summed E-state index contributed by atoms with van der Waals surface area (Å²) < 4.78 is 0. The number of fused-ring (bicyclic) bond motifs is 5. The van der Waals surface area contributed by atoms with Gasteiger partial charge in [-0.25, -0.2) is 0 Å². The Bertz CT molecular complexity index is 577. The van der Waals surface area contributed by atoms with E-state index in [1.807, 2.05) is 0 Å². The number of hydrogen-bond acceptors (Lipinski definition) is 1. The van der Waals surface area contributed by atoms with E-state index in [1.54, 1.807) is 11.1 Å². The first-order valence-electron chi connectivity index (χ1n) is 9.42. The normalized spacial score (nSPS) is 43.4. The van der Waals surface area contributed by atoms with E-state index in [0.717, 1.165) is 24.2 Å². The fraction of sp³-hybridized carbons (Fsp3) is 0.714. The molecule has 4 rings (SSSR count). The molecule has 6 atom stereocenters. The molecule has 1 nitrogen and oxygen atoms in total. The summed E-state index contributed by atoms with van der Waals surface area (Å²) in [6, 6.07) is 7.74. The number of aryl methyl sites for hydroxylation is 2. The number of rotatable bonds is 1. The Kier molecular flexibility index (Phi) is 3.41. The SMILES string of the molecule is CCc1ccc2c(c1)CC[C@@H]1[C@@H]2CC[C@]2(C)C(N)C(C)C[C@@H]12. The van der Waals surface area contributed by atoms with Crippen molar-refractivity contribution in [2.75, 3.05) is 0 Å². The van der Waals surface area contributed by atoms with Crippen molar-refractivity contribution in [2.24, 2.45) is 28.9 Å². The van der Waals surface area contributed by atoms with Crippen molar-refractivity contribution >= 4 is 0 Å². The van der Waals surface area contributed by atoms with Gasteiger partial charge in [0, 0.05) is 6.04 Å². The van der Waals surface area contributed by atoms with Gasteiger partial charge < -0.3 is 5.73 Å². The number of benzene rings is 1. The predicted molar refractivity (Wildman–Crippen MR) is 93.0 cm³/mol. The molecule has 0 aliphatic heterocycles. The van der Waals surface area contributed by atoms with E-state index in [4.69, 9.17) is 5.73 Å². The highest BCUT2D eigenvalue weighted by Crippen LogP contribution is 2.61. The topological polar surface area (TPSA) is 26.0 Å². The van der Waals surface area contributed by atoms with E-state index in [0.29, 0.717) is 17.4 Å². The van der Waals surface area contributed by atoms with Crippen molar-refractivity contribution in [3.8, 4) is 0 Å². The van der Waals surface area contributed by atoms with Crippen LogP contribution in [0.3, 0.4) is 0 Å². The van der Waals surface area contributed by atoms with E-state index in [9.17, 15) is 0 Å². The molecule has 0 heterocycles. The third-order valence-corrected chi connectivity index (χ3v) is 7.64. The van der Waals surface area contributed by atoms with E-state index >= 15 is 0 Å². The zero-order valence-electron chi connectivity index (χ0n) is 14.4. The van der Waals surface area contributed by atoms with Crippen LogP contribution in [0.4, 0.5) is 0 Å². The predicted octanol–water partition coefficient (Wildman–Crippen LogP) is 4.68. The first-order chi connectivity index (χ1) is 10.5. The zero-order chi connectivity index (χ0) is 15.5. The van der Waals surface area contributed by atoms with Crippen LogP contribution in [-0.2, 0) is 12.8 Å². The molecule has 0 radical (unpaired) electrons. The van der Waals surface area contributed by atoms with Gasteiger partial charge in [-0.05, 0) is 84.3 Å². The Balaban J connectivity index is 1.69. The molecule has 0 aromatic heterocycles. The van der Waals surface area contributed by atoms with Gasteiger partial charge in [0.1, 0.15) is 0 Å². The van der Waals surface area contributed by atoms with Crippen molar-refractivity contribution < 1.29 is 0 Å². The highest BCUT2D eigenvalue weighted by Gasteiger charge is 2.55. The van der Waals surface area contributed by atoms with Crippen molar-refractivity contribution in [1.82, 2.24) is 0 Å². The van der Waals surface area contributed by atoms with Crippen LogP contribution in [0.1, 0.15) is 69.1 Å². The molecule has 120 valence electrons. The smallest absolute Gasteiger partial charge is 0.0122 e. The van der Waals surface area contributed by atoms with Gasteiger partial charge in [-0.3, -0.25) is 0 Å². The highest BCUT2D eigenvalue weighted by molar-refractivity contribution is 5.38. The first kappa shape index (κ1) is 14.8. The minimum atomic E-state index is 0.404. The second-order valence-corrected chi connectivity index (χ2v) is 8.59. The minimum absolute atomic E-state index is 0.404. The Morgan fingerprint density at radius 3 is 2.86 bits per heavy atom. The van der Waals surface area contributed by atoms with Crippen LogP contribution in [0.15, 0.2) is 18.2 Å². The molecule has 1 aromatic carbocycles. The summed E-state index contributed by atoms with van der Waals surface area (Å²) in [5, 5.41) is 0. The maximum absolute atomic E-state index is 6.62. The van der Waals surface area contributed by atoms with Crippen LogP contribution in [0, 0.1) is 23.2 Å². The molecule has 2 unspecified atom stereocenters. The van der Waals surface area contributed by atoms with Crippen LogP contribution < -0.4 is 5.73 Å². The van der Waals surface area contributed by atoms with E-state index in [1.165, 1.54) is 37.7 Å². The average Bonchev–Trinajstić information content (AvgIpc) is 2.77. The summed E-state index contributed by atoms with van der Waals surface area (Å²) >= 11 is 0. The van der Waals surface area contributed by atoms with Crippen molar-refractivity contribution in [3.05, 3.63) is 34.9 Å². The van der Waals surface area contributed by atoms with Gasteiger partial charge in [0.25, 0.3) is 0 Å². The molecule has 0 spiro atoms. The van der Waals surface area contributed by atoms with E-state index in [2.05, 4.69) is 39.0 Å². The largest absolute Gasteiger partial charge is 0.327 e. The lowest BCUT2D eigenvalue weighted by Gasteiger charge is -2.50. The van der Waals surface area contributed by atoms with Gasteiger partial charge in [-0.15, -0.1) is 0 Å². The maximum Gasteiger partial charge on any atom is 0.0122 e. The van der Waals surface area contributed by atoms with Gasteiger partial charge in [0.05, 0.1) is 0 Å². The van der Waals surface area contributed by atoms with Gasteiger partial charge >= 0.3 is 0 Å². The van der Waals surface area contributed by atoms with Crippen molar-refractivity contribution in [1.29, 1.82) is 0 Å². The summed E-state index contributed by atoms with van der Waals surface area (Å²) in [4.78, 5) is 0. The zero-order valence-corrected chi connectivity index (χ0v) is 14.4. The van der Waals surface area contributed by atoms with Gasteiger partial charge in [-0.2, -0.15) is 0 Å². The first-order valence-corrected chi connectivity index (χ1v) is 9.42. The molecule has 2 fully saturated rings. The lowest BCUT2D eigenvalue weighted by Crippen LogP contribution is -2.47. The van der Waals surface area contributed by atoms with Crippen LogP contribution in [-0.4, -0.2) is 6.04 Å². The fourth-order valence-corrected chi connectivity index (χ4v) is 6.26. The lowest BCUT2D eigenvalue weighted by molar-refractivity contribution is 0.0492. The molecule has 2 saturated carbocycles. The third kappa shape index (κ3) is 1.94. The highest BCUT2D eigenvalue weighted by atomic mass is 14.8. The Morgan fingerprint density at radius 2 is 2.09 bits per heavy atom. The van der Waals surface area contributed by atoms with Crippen LogP contribution in [0.5, 0.6) is 0 Å². The maximum atomic E-state index is 6.62. The van der Waals surface area contributed by atoms with Gasteiger partial charge in [0.15, 0.2) is 0 Å². The quantitative estimate of drug-likeness (QED) is 0.800. The molecule has 1 aromatic rings. The monoisotopic (exact) mass is 297 g/mol. The van der Waals surface area contributed by atoms with Crippen molar-refractivity contribution in [3.63, 3.8) is 0 Å². The number of nitrogens with two attached hydrogens (primary N) is 1. The standard InChI is InChI=1S/C21H31N/c1-4-14-5-7-16-15(12-14)6-8-18-17(16)9-10-21(3)19(18)11-13(2)20(21)22/h5,7,12-13,17-20H,4,6,8-11,22H2,1-3H3/t13?,17-,18-,19+,20?,21+/m1/s1. The second-order valence-electron chi connectivity index (χ2n) is 8.59. The summed E-state index contributed by atoms with van der Waals surface area (Å²) in [6.07, 6.45) is 7.90. The molecule has 22 heavy (non-hydrogen) atoms. The second kappa shape index (κ2) is 5.09. The molecule has 1 heteroatoms. The van der Waals surface area contributed by atoms with Gasteiger partial charge in [0.2, 0.25) is 0 Å². The minimum Gasteiger partial charge on any atom is -0.327 e. The molecule has 0 amide bonds. The average molecular weight is 297 g/mol. The summed E-state index contributed by atoms with van der Waals surface area (Å²) in [5.74, 6) is 3.26. The lowest BCUT2D eigenvalue weighted by atomic mass is 9.55. The Hall–Kier alpha value is -0.820. The third-order valence-electron chi connectivity index (χ3n) is 7.64. The summed E-state index contributed by atoms with van der Waals surface area (Å²) in [6.45, 7) is 7.14. The van der Waals surface area contributed by atoms with Crippen LogP contribution in [0.25, 0.3) is 0 Å². The Labute approximate surface area is 135 Å². The molecule has 0 saturated heterocycles. The molecular formula is C21H31N. The van der Waals surface area contributed by atoms with Crippen LogP contribution in [0.2, 0.25) is 0 Å². The molecule has 2 N–H and O–H groups in total. The van der Waals surface area contributed by atoms with Crippen molar-refractivity contribution in [2.45, 2.75) is 71.3 Å². The fourth-order valence-electron chi connectivity index (χ4n) is 6.26. The summed E-state index contributed by atoms with van der Waals surface area (Å²) in [7, 11) is 0. The number of hydrogen-bond donors (Lipinski definition) is 1. The van der Waals surface area contributed by atoms with Gasteiger partial charge in [-0.1, -0.05) is 39.0 Å².